The number of halogens is 1. The lowest BCUT2D eigenvalue weighted by molar-refractivity contribution is 0.0691. The quantitative estimate of drug-likeness (QED) is 0.863. The lowest BCUT2D eigenvalue weighted by atomic mass is 9.95. The summed E-state index contributed by atoms with van der Waals surface area (Å²) in [4.78, 5) is 23.2. The van der Waals surface area contributed by atoms with Gasteiger partial charge in [-0.3, -0.25) is 0 Å². The van der Waals surface area contributed by atoms with Crippen LogP contribution in [0.15, 0.2) is 18.2 Å². The van der Waals surface area contributed by atoms with Gasteiger partial charge in [-0.15, -0.1) is 0 Å². The first-order chi connectivity index (χ1) is 9.00. The second-order valence-electron chi connectivity index (χ2n) is 4.53. The normalized spacial score (nSPS) is 19.2. The number of carboxylic acids is 1. The molecule has 0 radical (unpaired) electrons. The van der Waals surface area contributed by atoms with E-state index in [1.165, 1.54) is 17.0 Å². The first-order valence-corrected chi connectivity index (χ1v) is 6.03. The van der Waals surface area contributed by atoms with Gasteiger partial charge in [0.15, 0.2) is 0 Å². The fraction of sp³-hybridized carbons (Fsp3) is 0.385. The number of carbonyl (C=O) groups is 2. The number of hydrogen-bond donors (Lipinski definition) is 2. The highest BCUT2D eigenvalue weighted by Crippen LogP contribution is 2.31. The van der Waals surface area contributed by atoms with Crippen molar-refractivity contribution in [2.45, 2.75) is 25.3 Å². The number of hydrogen-bond acceptors (Lipinski definition) is 2. The molecule has 0 aromatic heterocycles. The zero-order valence-corrected chi connectivity index (χ0v) is 10.2. The molecule has 1 amide bonds. The summed E-state index contributed by atoms with van der Waals surface area (Å²) in [5, 5.41) is 17.9. The Balaban J connectivity index is 2.32. The third kappa shape index (κ3) is 2.67. The number of likely N-dealkylation sites (tertiary alicyclic amines) is 1. The van der Waals surface area contributed by atoms with E-state index < -0.39 is 29.5 Å². The molecule has 1 atom stereocenters. The second-order valence-corrected chi connectivity index (χ2v) is 4.53. The van der Waals surface area contributed by atoms with Crippen LogP contribution in [0.2, 0.25) is 0 Å². The van der Waals surface area contributed by atoms with Gasteiger partial charge in [0, 0.05) is 6.54 Å². The van der Waals surface area contributed by atoms with Crippen LogP contribution < -0.4 is 0 Å². The van der Waals surface area contributed by atoms with Crippen molar-refractivity contribution in [3.8, 4) is 0 Å². The Morgan fingerprint density at radius 2 is 2.00 bits per heavy atom. The van der Waals surface area contributed by atoms with Crippen LogP contribution in [-0.2, 0) is 0 Å². The van der Waals surface area contributed by atoms with Crippen molar-refractivity contribution in [3.63, 3.8) is 0 Å². The zero-order chi connectivity index (χ0) is 14.0. The Bertz CT molecular complexity index is 517. The van der Waals surface area contributed by atoms with E-state index in [0.717, 1.165) is 18.9 Å². The Labute approximate surface area is 109 Å². The highest BCUT2D eigenvalue weighted by atomic mass is 19.1. The van der Waals surface area contributed by atoms with Gasteiger partial charge < -0.3 is 15.1 Å². The van der Waals surface area contributed by atoms with E-state index in [-0.39, 0.29) is 0 Å². The topological polar surface area (TPSA) is 77.8 Å². The molecule has 0 spiro atoms. The molecule has 0 saturated carbocycles. The summed E-state index contributed by atoms with van der Waals surface area (Å²) in [5.41, 5.74) is 0.103. The van der Waals surface area contributed by atoms with Gasteiger partial charge in [0.1, 0.15) is 5.82 Å². The molecule has 1 unspecified atom stereocenters. The number of nitrogens with zero attached hydrogens (tertiary/aromatic N) is 1. The lowest BCUT2D eigenvalue weighted by Gasteiger charge is -2.33. The van der Waals surface area contributed by atoms with Crippen molar-refractivity contribution in [2.24, 2.45) is 0 Å². The summed E-state index contributed by atoms with van der Waals surface area (Å²) < 4.78 is 13.6. The van der Waals surface area contributed by atoms with Gasteiger partial charge in [0.25, 0.3) is 0 Å². The maximum absolute atomic E-state index is 13.6. The molecule has 1 saturated heterocycles. The van der Waals surface area contributed by atoms with Gasteiger partial charge >= 0.3 is 12.1 Å². The fourth-order valence-electron chi connectivity index (χ4n) is 2.42. The number of piperidine rings is 1. The van der Waals surface area contributed by atoms with Crippen molar-refractivity contribution in [2.75, 3.05) is 6.54 Å². The molecule has 19 heavy (non-hydrogen) atoms. The van der Waals surface area contributed by atoms with Crippen molar-refractivity contribution >= 4 is 12.1 Å². The molecule has 1 heterocycles. The number of amides is 1. The van der Waals surface area contributed by atoms with Crippen molar-refractivity contribution in [1.29, 1.82) is 0 Å². The van der Waals surface area contributed by atoms with Crippen LogP contribution in [0.25, 0.3) is 0 Å². The minimum absolute atomic E-state index is 0.399. The molecule has 102 valence electrons. The summed E-state index contributed by atoms with van der Waals surface area (Å²) in [7, 11) is 0. The molecule has 1 aliphatic rings. The van der Waals surface area contributed by atoms with E-state index in [0.29, 0.717) is 18.5 Å². The average Bonchev–Trinajstić information content (AvgIpc) is 2.38. The van der Waals surface area contributed by atoms with Gasteiger partial charge in [-0.05, 0) is 37.0 Å². The largest absolute Gasteiger partial charge is 0.478 e. The van der Waals surface area contributed by atoms with E-state index in [1.807, 2.05) is 0 Å². The number of benzene rings is 1. The SMILES string of the molecule is O=C(O)c1ccc(C2CCCCN2C(=O)O)cc1F. The monoisotopic (exact) mass is 267 g/mol. The molecule has 1 fully saturated rings. The highest BCUT2D eigenvalue weighted by molar-refractivity contribution is 5.87. The maximum Gasteiger partial charge on any atom is 0.407 e. The molecule has 5 nitrogen and oxygen atoms in total. The molecule has 1 aliphatic heterocycles. The Morgan fingerprint density at radius 1 is 1.26 bits per heavy atom. The third-order valence-electron chi connectivity index (χ3n) is 3.36. The molecule has 2 rings (SSSR count). The summed E-state index contributed by atoms with van der Waals surface area (Å²) in [6, 6.07) is 3.39. The third-order valence-corrected chi connectivity index (χ3v) is 3.36. The summed E-state index contributed by atoms with van der Waals surface area (Å²) in [6.45, 7) is 0.419. The van der Waals surface area contributed by atoms with E-state index in [4.69, 9.17) is 10.2 Å². The van der Waals surface area contributed by atoms with Crippen LogP contribution >= 0.6 is 0 Å². The van der Waals surface area contributed by atoms with Crippen LogP contribution in [0.4, 0.5) is 9.18 Å². The standard InChI is InChI=1S/C13H14FNO4/c14-10-7-8(4-5-9(10)12(16)17)11-3-1-2-6-15(11)13(18)19/h4-5,7,11H,1-3,6H2,(H,16,17)(H,18,19). The molecular formula is C13H14FNO4. The van der Waals surface area contributed by atoms with Crippen molar-refractivity contribution < 1.29 is 24.2 Å². The van der Waals surface area contributed by atoms with E-state index in [2.05, 4.69) is 0 Å². The van der Waals surface area contributed by atoms with Gasteiger partial charge in [0.2, 0.25) is 0 Å². The fourth-order valence-corrected chi connectivity index (χ4v) is 2.42. The summed E-state index contributed by atoms with van der Waals surface area (Å²) in [5.74, 6) is -2.16. The van der Waals surface area contributed by atoms with Crippen molar-refractivity contribution in [3.05, 3.63) is 35.1 Å². The molecule has 2 N–H and O–H groups in total. The number of rotatable bonds is 2. The smallest absolute Gasteiger partial charge is 0.407 e. The van der Waals surface area contributed by atoms with Crippen LogP contribution in [0.3, 0.4) is 0 Å². The van der Waals surface area contributed by atoms with E-state index in [1.54, 1.807) is 0 Å². The molecule has 0 bridgehead atoms. The number of aromatic carboxylic acids is 1. The zero-order valence-electron chi connectivity index (χ0n) is 10.2. The van der Waals surface area contributed by atoms with Gasteiger partial charge in [-0.2, -0.15) is 0 Å². The maximum atomic E-state index is 13.6. The molecule has 1 aromatic carbocycles. The lowest BCUT2D eigenvalue weighted by Crippen LogP contribution is -2.37. The predicted molar refractivity (Wildman–Crippen MR) is 64.7 cm³/mol. The van der Waals surface area contributed by atoms with Gasteiger partial charge in [-0.1, -0.05) is 6.07 Å². The minimum atomic E-state index is -1.33. The van der Waals surface area contributed by atoms with Gasteiger partial charge in [0.05, 0.1) is 11.6 Å². The van der Waals surface area contributed by atoms with Crippen LogP contribution in [0, 0.1) is 5.82 Å². The van der Waals surface area contributed by atoms with E-state index >= 15 is 0 Å². The van der Waals surface area contributed by atoms with Crippen molar-refractivity contribution in [1.82, 2.24) is 4.90 Å². The summed E-state index contributed by atoms with van der Waals surface area (Å²) in [6.07, 6.45) is 1.25. The Morgan fingerprint density at radius 3 is 2.58 bits per heavy atom. The van der Waals surface area contributed by atoms with Crippen LogP contribution in [0.1, 0.15) is 41.2 Å². The minimum Gasteiger partial charge on any atom is -0.478 e. The molecular weight excluding hydrogens is 253 g/mol. The molecule has 0 aliphatic carbocycles. The molecule has 6 heteroatoms. The first kappa shape index (κ1) is 13.3. The van der Waals surface area contributed by atoms with Crippen LogP contribution in [0.5, 0.6) is 0 Å². The highest BCUT2D eigenvalue weighted by Gasteiger charge is 2.28. The second kappa shape index (κ2) is 5.26. The molecule has 1 aromatic rings. The number of carboxylic acid groups (broad SMARTS) is 2. The van der Waals surface area contributed by atoms with Crippen LogP contribution in [-0.4, -0.2) is 33.7 Å². The first-order valence-electron chi connectivity index (χ1n) is 6.03. The summed E-state index contributed by atoms with van der Waals surface area (Å²) >= 11 is 0. The van der Waals surface area contributed by atoms with E-state index in [9.17, 15) is 14.0 Å². The van der Waals surface area contributed by atoms with Gasteiger partial charge in [-0.25, -0.2) is 14.0 Å². The average molecular weight is 267 g/mol. The Kier molecular flexibility index (Phi) is 3.69. The predicted octanol–water partition coefficient (Wildman–Crippen LogP) is 2.73. The Hall–Kier alpha value is -2.11.